The first-order chi connectivity index (χ1) is 10.1. The minimum Gasteiger partial charge on any atom is -0.358 e. The largest absolute Gasteiger partial charge is 0.358 e. The maximum Gasteiger partial charge on any atom is 0.330 e. The quantitative estimate of drug-likeness (QED) is 0.585. The fourth-order valence-corrected chi connectivity index (χ4v) is 2.39. The summed E-state index contributed by atoms with van der Waals surface area (Å²) in [5.41, 5.74) is 1.01. The lowest BCUT2D eigenvalue weighted by Gasteiger charge is -2.00. The molecule has 3 rings (SSSR count). The van der Waals surface area contributed by atoms with Crippen LogP contribution in [0.5, 0.6) is 0 Å². The van der Waals surface area contributed by atoms with E-state index in [4.69, 9.17) is 0 Å². The fourth-order valence-electron chi connectivity index (χ4n) is 2.39. The number of fused-ring (bicyclic) bond motifs is 1. The summed E-state index contributed by atoms with van der Waals surface area (Å²) in [7, 11) is 0. The molecule has 0 fully saturated rings. The number of nitro benzene ring substituents is 1. The molecular weight excluding hydrogens is 274 g/mol. The van der Waals surface area contributed by atoms with Crippen molar-refractivity contribution in [3.8, 4) is 11.1 Å². The maximum absolute atomic E-state index is 11.3. The lowest BCUT2D eigenvalue weighted by atomic mass is 10.0. The van der Waals surface area contributed by atoms with Crippen molar-refractivity contribution < 1.29 is 9.85 Å². The zero-order valence-electron chi connectivity index (χ0n) is 10.6. The highest BCUT2D eigenvalue weighted by Crippen LogP contribution is 2.41. The smallest absolute Gasteiger partial charge is 0.330 e. The van der Waals surface area contributed by atoms with Crippen molar-refractivity contribution in [3.63, 3.8) is 0 Å². The molecule has 0 unspecified atom stereocenters. The Morgan fingerprint density at radius 2 is 1.57 bits per heavy atom. The fraction of sp³-hybridized carbons (Fsp3) is 0. The molecule has 0 aliphatic heterocycles. The molecule has 1 N–H and O–H groups in total. The molecule has 0 aliphatic rings. The van der Waals surface area contributed by atoms with Gasteiger partial charge in [0.1, 0.15) is 10.9 Å². The third kappa shape index (κ3) is 2.00. The number of nitrogens with zero attached hydrogens (tertiary/aromatic N) is 2. The summed E-state index contributed by atoms with van der Waals surface area (Å²) < 4.78 is 0. The average Bonchev–Trinajstić information content (AvgIpc) is 2.87. The summed E-state index contributed by atoms with van der Waals surface area (Å²) >= 11 is 0. The molecule has 7 nitrogen and oxygen atoms in total. The van der Waals surface area contributed by atoms with Gasteiger partial charge in [0.2, 0.25) is 0 Å². The van der Waals surface area contributed by atoms with E-state index in [2.05, 4.69) is 4.98 Å². The highest BCUT2D eigenvalue weighted by atomic mass is 16.6. The monoisotopic (exact) mass is 283 g/mol. The number of aromatic amines is 1. The second-order valence-electron chi connectivity index (χ2n) is 4.43. The van der Waals surface area contributed by atoms with E-state index in [1.165, 1.54) is 12.1 Å². The lowest BCUT2D eigenvalue weighted by molar-refractivity contribution is -0.388. The molecule has 21 heavy (non-hydrogen) atoms. The molecule has 0 spiro atoms. The van der Waals surface area contributed by atoms with Gasteiger partial charge in [0.05, 0.1) is 10.5 Å². The normalized spacial score (nSPS) is 10.7. The van der Waals surface area contributed by atoms with Gasteiger partial charge in [0, 0.05) is 6.07 Å². The number of hydrogen-bond acceptors (Lipinski definition) is 4. The summed E-state index contributed by atoms with van der Waals surface area (Å²) in [5, 5.41) is 22.7. The Hall–Kier alpha value is -3.22. The van der Waals surface area contributed by atoms with Crippen molar-refractivity contribution in [1.82, 2.24) is 4.98 Å². The SMILES string of the molecule is O=[N+]([O-])c1[nH]c2cccc([N+](=O)[O-])c2c1-c1ccccc1. The van der Waals surface area contributed by atoms with E-state index in [-0.39, 0.29) is 22.5 Å². The van der Waals surface area contributed by atoms with Gasteiger partial charge in [-0.2, -0.15) is 0 Å². The second kappa shape index (κ2) is 4.71. The van der Waals surface area contributed by atoms with E-state index in [0.29, 0.717) is 11.1 Å². The molecule has 104 valence electrons. The molecule has 0 aliphatic carbocycles. The number of non-ortho nitro benzene ring substituents is 1. The van der Waals surface area contributed by atoms with Crippen LogP contribution in [-0.2, 0) is 0 Å². The van der Waals surface area contributed by atoms with Crippen molar-refractivity contribution in [2.24, 2.45) is 0 Å². The zero-order chi connectivity index (χ0) is 15.0. The van der Waals surface area contributed by atoms with Gasteiger partial charge in [-0.15, -0.1) is 0 Å². The van der Waals surface area contributed by atoms with Gasteiger partial charge < -0.3 is 10.1 Å². The molecule has 0 saturated heterocycles. The van der Waals surface area contributed by atoms with E-state index >= 15 is 0 Å². The standard InChI is InChI=1S/C14H9N3O4/c18-16(19)11-8-4-7-10-13(11)12(14(15-10)17(20)21)9-5-2-1-3-6-9/h1-8,15H. The Kier molecular flexibility index (Phi) is 2.87. The molecule has 0 amide bonds. The Bertz CT molecular complexity index is 855. The Balaban J connectivity index is 2.47. The van der Waals surface area contributed by atoms with Crippen LogP contribution in [-0.4, -0.2) is 14.8 Å². The Labute approximate surface area is 118 Å². The van der Waals surface area contributed by atoms with Gasteiger partial charge in [0.25, 0.3) is 5.69 Å². The van der Waals surface area contributed by atoms with E-state index in [1.54, 1.807) is 36.4 Å². The maximum atomic E-state index is 11.3. The van der Waals surface area contributed by atoms with E-state index in [1.807, 2.05) is 0 Å². The molecule has 0 saturated carbocycles. The van der Waals surface area contributed by atoms with Gasteiger partial charge in [-0.3, -0.25) is 10.1 Å². The van der Waals surface area contributed by atoms with E-state index < -0.39 is 9.85 Å². The summed E-state index contributed by atoms with van der Waals surface area (Å²) in [5.74, 6) is -0.245. The summed E-state index contributed by atoms with van der Waals surface area (Å²) in [4.78, 5) is 24.0. The molecule has 0 radical (unpaired) electrons. The van der Waals surface area contributed by atoms with Crippen LogP contribution in [0.2, 0.25) is 0 Å². The van der Waals surface area contributed by atoms with Crippen molar-refractivity contribution in [2.45, 2.75) is 0 Å². The van der Waals surface area contributed by atoms with Crippen molar-refractivity contribution in [1.29, 1.82) is 0 Å². The number of hydrogen-bond donors (Lipinski definition) is 1. The number of H-pyrrole nitrogens is 1. The first-order valence-electron chi connectivity index (χ1n) is 6.08. The number of aromatic nitrogens is 1. The topological polar surface area (TPSA) is 102 Å². The third-order valence-corrected chi connectivity index (χ3v) is 3.22. The van der Waals surface area contributed by atoms with Crippen molar-refractivity contribution >= 4 is 22.4 Å². The van der Waals surface area contributed by atoms with Crippen molar-refractivity contribution in [3.05, 3.63) is 68.8 Å². The minimum absolute atomic E-state index is 0.157. The molecule has 1 aromatic heterocycles. The second-order valence-corrected chi connectivity index (χ2v) is 4.43. The van der Waals surface area contributed by atoms with Crippen LogP contribution in [0.15, 0.2) is 48.5 Å². The zero-order valence-corrected chi connectivity index (χ0v) is 10.6. The van der Waals surface area contributed by atoms with Gasteiger partial charge in [-0.25, -0.2) is 4.98 Å². The summed E-state index contributed by atoms with van der Waals surface area (Å²) in [6.45, 7) is 0. The third-order valence-electron chi connectivity index (χ3n) is 3.22. The predicted octanol–water partition coefficient (Wildman–Crippen LogP) is 3.65. The van der Waals surface area contributed by atoms with Gasteiger partial charge in [-0.1, -0.05) is 36.4 Å². The first-order valence-corrected chi connectivity index (χ1v) is 6.08. The average molecular weight is 283 g/mol. The van der Waals surface area contributed by atoms with E-state index in [9.17, 15) is 20.2 Å². The van der Waals surface area contributed by atoms with Crippen molar-refractivity contribution in [2.75, 3.05) is 0 Å². The molecular formula is C14H9N3O4. The molecule has 3 aromatic rings. The highest BCUT2D eigenvalue weighted by molar-refractivity contribution is 6.05. The lowest BCUT2D eigenvalue weighted by Crippen LogP contribution is -1.91. The Morgan fingerprint density at radius 3 is 2.19 bits per heavy atom. The summed E-state index contributed by atoms with van der Waals surface area (Å²) in [6.07, 6.45) is 0. The molecule has 0 atom stereocenters. The van der Waals surface area contributed by atoms with Crippen LogP contribution >= 0.6 is 0 Å². The van der Waals surface area contributed by atoms with Crippen LogP contribution in [0.3, 0.4) is 0 Å². The number of rotatable bonds is 3. The van der Waals surface area contributed by atoms with Gasteiger partial charge in [-0.05, 0) is 16.6 Å². The Morgan fingerprint density at radius 1 is 0.857 bits per heavy atom. The molecule has 2 aromatic carbocycles. The van der Waals surface area contributed by atoms with Crippen LogP contribution < -0.4 is 0 Å². The van der Waals surface area contributed by atoms with Crippen LogP contribution in [0.25, 0.3) is 22.0 Å². The number of nitro groups is 2. The number of benzene rings is 2. The first kappa shape index (κ1) is 12.8. The van der Waals surface area contributed by atoms with Crippen LogP contribution in [0, 0.1) is 20.2 Å². The van der Waals surface area contributed by atoms with Crippen LogP contribution in [0.1, 0.15) is 0 Å². The number of nitrogens with one attached hydrogen (secondary N) is 1. The molecule has 7 heteroatoms. The van der Waals surface area contributed by atoms with Gasteiger partial charge >= 0.3 is 5.82 Å². The summed E-state index contributed by atoms with van der Waals surface area (Å²) in [6, 6.07) is 13.0. The minimum atomic E-state index is -0.563. The molecule has 0 bridgehead atoms. The van der Waals surface area contributed by atoms with E-state index in [0.717, 1.165) is 0 Å². The predicted molar refractivity (Wildman–Crippen MR) is 77.0 cm³/mol. The van der Waals surface area contributed by atoms with Gasteiger partial charge in [0.15, 0.2) is 0 Å². The van der Waals surface area contributed by atoms with Crippen LogP contribution in [0.4, 0.5) is 11.5 Å². The molecule has 1 heterocycles. The highest BCUT2D eigenvalue weighted by Gasteiger charge is 2.27.